The molecular formula is C13H14N4O4. The van der Waals surface area contributed by atoms with Gasteiger partial charge in [0.1, 0.15) is 11.3 Å². The van der Waals surface area contributed by atoms with Crippen LogP contribution in [0.15, 0.2) is 18.5 Å². The van der Waals surface area contributed by atoms with E-state index in [4.69, 9.17) is 0 Å². The standard InChI is InChI=1S/C13H14N4O4/c18-9-7-14-4-1-8(9)10(19)17-5-2-13(3-6-17)11(20)15-12(21)16-13/h1,4,7,18H,2-3,5-6H2,(H2,15,16,20,21). The first kappa shape index (κ1) is 13.3. The minimum absolute atomic E-state index is 0.172. The van der Waals surface area contributed by atoms with Crippen LogP contribution >= 0.6 is 0 Å². The van der Waals surface area contributed by atoms with Crippen molar-refractivity contribution in [1.29, 1.82) is 0 Å². The van der Waals surface area contributed by atoms with Crippen molar-refractivity contribution >= 4 is 17.8 Å². The predicted molar refractivity (Wildman–Crippen MR) is 70.4 cm³/mol. The molecule has 1 spiro atoms. The molecule has 1 aromatic rings. The lowest BCUT2D eigenvalue weighted by atomic mass is 9.87. The zero-order chi connectivity index (χ0) is 15.0. The summed E-state index contributed by atoms with van der Waals surface area (Å²) >= 11 is 0. The second-order valence-corrected chi connectivity index (χ2v) is 5.18. The molecule has 1 aromatic heterocycles. The molecule has 2 saturated heterocycles. The highest BCUT2D eigenvalue weighted by Gasteiger charge is 2.48. The number of hydrogen-bond acceptors (Lipinski definition) is 5. The highest BCUT2D eigenvalue weighted by atomic mass is 16.3. The molecule has 3 N–H and O–H groups in total. The van der Waals surface area contributed by atoms with E-state index < -0.39 is 11.6 Å². The van der Waals surface area contributed by atoms with Crippen LogP contribution in [0, 0.1) is 0 Å². The molecule has 3 rings (SSSR count). The van der Waals surface area contributed by atoms with Gasteiger partial charge >= 0.3 is 6.03 Å². The molecule has 0 atom stereocenters. The van der Waals surface area contributed by atoms with E-state index in [1.165, 1.54) is 18.5 Å². The minimum Gasteiger partial charge on any atom is -0.505 e. The normalized spacial score (nSPS) is 20.3. The van der Waals surface area contributed by atoms with Gasteiger partial charge in [-0.1, -0.05) is 0 Å². The second-order valence-electron chi connectivity index (χ2n) is 5.18. The van der Waals surface area contributed by atoms with Gasteiger partial charge in [0.25, 0.3) is 11.8 Å². The predicted octanol–water partition coefficient (Wildman–Crippen LogP) is -0.399. The summed E-state index contributed by atoms with van der Waals surface area (Å²) in [7, 11) is 0. The Morgan fingerprint density at radius 2 is 2.05 bits per heavy atom. The van der Waals surface area contributed by atoms with Crippen molar-refractivity contribution < 1.29 is 19.5 Å². The van der Waals surface area contributed by atoms with E-state index in [0.717, 1.165) is 0 Å². The van der Waals surface area contributed by atoms with Crippen LogP contribution in [-0.4, -0.2) is 51.5 Å². The Hall–Kier alpha value is -2.64. The SMILES string of the molecule is O=C1NC(=O)C2(CCN(C(=O)c3ccncc3O)CC2)N1. The monoisotopic (exact) mass is 290 g/mol. The van der Waals surface area contributed by atoms with Gasteiger partial charge in [-0.25, -0.2) is 4.79 Å². The Kier molecular flexibility index (Phi) is 3.00. The Balaban J connectivity index is 1.72. The number of urea groups is 1. The van der Waals surface area contributed by atoms with E-state index in [9.17, 15) is 19.5 Å². The van der Waals surface area contributed by atoms with Gasteiger partial charge in [-0.05, 0) is 18.9 Å². The second kappa shape index (κ2) is 4.72. The fourth-order valence-corrected chi connectivity index (χ4v) is 2.71. The van der Waals surface area contributed by atoms with Crippen molar-refractivity contribution in [2.24, 2.45) is 0 Å². The highest BCUT2D eigenvalue weighted by Crippen LogP contribution is 2.27. The minimum atomic E-state index is -0.909. The summed E-state index contributed by atoms with van der Waals surface area (Å²) in [6.07, 6.45) is 3.34. The number of likely N-dealkylation sites (tertiary alicyclic amines) is 1. The lowest BCUT2D eigenvalue weighted by Crippen LogP contribution is -2.55. The Morgan fingerprint density at radius 1 is 1.33 bits per heavy atom. The fraction of sp³-hybridized carbons (Fsp3) is 0.385. The molecule has 110 valence electrons. The first-order chi connectivity index (χ1) is 10.0. The van der Waals surface area contributed by atoms with Crippen molar-refractivity contribution in [1.82, 2.24) is 20.5 Å². The van der Waals surface area contributed by atoms with Crippen LogP contribution in [0.3, 0.4) is 0 Å². The number of hydrogen-bond donors (Lipinski definition) is 3. The first-order valence-electron chi connectivity index (χ1n) is 6.58. The van der Waals surface area contributed by atoms with Crippen LogP contribution in [0.2, 0.25) is 0 Å². The third-order valence-electron chi connectivity index (χ3n) is 3.95. The van der Waals surface area contributed by atoms with Crippen LogP contribution < -0.4 is 10.6 Å². The molecule has 0 bridgehead atoms. The van der Waals surface area contributed by atoms with E-state index in [2.05, 4.69) is 15.6 Å². The number of pyridine rings is 1. The summed E-state index contributed by atoms with van der Waals surface area (Å²) < 4.78 is 0. The van der Waals surface area contributed by atoms with Crippen LogP contribution in [0.1, 0.15) is 23.2 Å². The number of piperidine rings is 1. The van der Waals surface area contributed by atoms with Crippen molar-refractivity contribution in [2.45, 2.75) is 18.4 Å². The van der Waals surface area contributed by atoms with Crippen LogP contribution in [0.5, 0.6) is 5.75 Å². The lowest BCUT2D eigenvalue weighted by molar-refractivity contribution is -0.125. The van der Waals surface area contributed by atoms with E-state index in [1.54, 1.807) is 4.90 Å². The zero-order valence-corrected chi connectivity index (χ0v) is 11.1. The molecule has 0 aliphatic carbocycles. The number of aromatic hydroxyl groups is 1. The van der Waals surface area contributed by atoms with Crippen molar-refractivity contribution in [3.63, 3.8) is 0 Å². The number of rotatable bonds is 1. The zero-order valence-electron chi connectivity index (χ0n) is 11.1. The molecule has 2 aliphatic rings. The fourth-order valence-electron chi connectivity index (χ4n) is 2.71. The average Bonchev–Trinajstić information content (AvgIpc) is 2.74. The molecule has 0 saturated carbocycles. The Bertz CT molecular complexity index is 622. The molecule has 3 heterocycles. The van der Waals surface area contributed by atoms with E-state index in [0.29, 0.717) is 25.9 Å². The van der Waals surface area contributed by atoms with E-state index >= 15 is 0 Å². The smallest absolute Gasteiger partial charge is 0.322 e. The first-order valence-corrected chi connectivity index (χ1v) is 6.58. The topological polar surface area (TPSA) is 112 Å². The summed E-state index contributed by atoms with van der Waals surface area (Å²) in [6, 6.07) is 0.957. The summed E-state index contributed by atoms with van der Waals surface area (Å²) in [4.78, 5) is 40.7. The summed E-state index contributed by atoms with van der Waals surface area (Å²) in [5.41, 5.74) is -0.727. The van der Waals surface area contributed by atoms with Crippen LogP contribution in [0.25, 0.3) is 0 Å². The van der Waals surface area contributed by atoms with E-state index in [1.807, 2.05) is 0 Å². The number of nitrogens with zero attached hydrogens (tertiary/aromatic N) is 2. The average molecular weight is 290 g/mol. The van der Waals surface area contributed by atoms with Crippen molar-refractivity contribution in [3.05, 3.63) is 24.0 Å². The lowest BCUT2D eigenvalue weighted by Gasteiger charge is -2.37. The molecule has 0 unspecified atom stereocenters. The summed E-state index contributed by atoms with van der Waals surface area (Å²) in [6.45, 7) is 0.655. The highest BCUT2D eigenvalue weighted by molar-refractivity contribution is 6.07. The van der Waals surface area contributed by atoms with Crippen LogP contribution in [-0.2, 0) is 4.79 Å². The van der Waals surface area contributed by atoms with Gasteiger partial charge in [0.05, 0.1) is 11.8 Å². The van der Waals surface area contributed by atoms with Gasteiger partial charge in [-0.2, -0.15) is 0 Å². The molecule has 21 heavy (non-hydrogen) atoms. The number of nitrogens with one attached hydrogen (secondary N) is 2. The summed E-state index contributed by atoms with van der Waals surface area (Å²) in [5.74, 6) is -0.824. The van der Waals surface area contributed by atoms with Gasteiger partial charge in [-0.3, -0.25) is 19.9 Å². The maximum absolute atomic E-state index is 12.3. The van der Waals surface area contributed by atoms with Crippen molar-refractivity contribution in [2.75, 3.05) is 13.1 Å². The van der Waals surface area contributed by atoms with Gasteiger partial charge in [0.2, 0.25) is 0 Å². The van der Waals surface area contributed by atoms with Crippen LogP contribution in [0.4, 0.5) is 4.79 Å². The number of carbonyl (C=O) groups excluding carboxylic acids is 3. The molecule has 2 aliphatic heterocycles. The van der Waals surface area contributed by atoms with Gasteiger partial charge in [-0.15, -0.1) is 0 Å². The number of carbonyl (C=O) groups is 3. The molecule has 0 aromatic carbocycles. The Morgan fingerprint density at radius 3 is 2.62 bits per heavy atom. The third kappa shape index (κ3) is 2.18. The molecule has 8 heteroatoms. The van der Waals surface area contributed by atoms with Gasteiger partial charge in [0.15, 0.2) is 0 Å². The Labute approximate surface area is 120 Å². The number of imide groups is 1. The third-order valence-corrected chi connectivity index (χ3v) is 3.95. The number of amides is 4. The molecule has 4 amide bonds. The van der Waals surface area contributed by atoms with Gasteiger partial charge in [0, 0.05) is 19.3 Å². The quantitative estimate of drug-likeness (QED) is 0.609. The molecule has 0 radical (unpaired) electrons. The molecule has 8 nitrogen and oxygen atoms in total. The largest absolute Gasteiger partial charge is 0.505 e. The maximum atomic E-state index is 12.3. The summed E-state index contributed by atoms with van der Waals surface area (Å²) in [5, 5.41) is 14.5. The number of aromatic nitrogens is 1. The molecular weight excluding hydrogens is 276 g/mol. The van der Waals surface area contributed by atoms with Crippen molar-refractivity contribution in [3.8, 4) is 5.75 Å². The van der Waals surface area contributed by atoms with Gasteiger partial charge < -0.3 is 15.3 Å². The molecule has 2 fully saturated rings. The maximum Gasteiger partial charge on any atom is 0.322 e. The van der Waals surface area contributed by atoms with E-state index in [-0.39, 0.29) is 23.1 Å².